The molecule has 0 atom stereocenters. The van der Waals surface area contributed by atoms with Gasteiger partial charge in [0.25, 0.3) is 11.9 Å². The molecule has 0 fully saturated rings. The van der Waals surface area contributed by atoms with Crippen molar-refractivity contribution in [2.24, 2.45) is 0 Å². The van der Waals surface area contributed by atoms with Crippen LogP contribution in [-0.2, 0) is 9.59 Å². The van der Waals surface area contributed by atoms with Gasteiger partial charge in [0.05, 0.1) is 13.2 Å². The summed E-state index contributed by atoms with van der Waals surface area (Å²) in [6.07, 6.45) is 0. The normalized spacial score (nSPS) is 6.15. The van der Waals surface area contributed by atoms with Crippen LogP contribution in [0, 0.1) is 0 Å². The van der Waals surface area contributed by atoms with E-state index in [1.807, 2.05) is 0 Å². The summed E-state index contributed by atoms with van der Waals surface area (Å²) in [6.45, 7) is 1.92. The summed E-state index contributed by atoms with van der Waals surface area (Å²) in [5.74, 6) is -1.67. The Balaban J connectivity index is -0.0000000450. The minimum absolute atomic E-state index is 0. The fourth-order valence-electron chi connectivity index (χ4n) is 0. The number of carbonyl (C=O) groups is 2. The van der Waals surface area contributed by atoms with Crippen molar-refractivity contribution in [2.45, 2.75) is 13.8 Å². The molecule has 6 nitrogen and oxygen atoms in total. The zero-order valence-electron chi connectivity index (χ0n) is 7.43. The van der Waals surface area contributed by atoms with Gasteiger partial charge >= 0.3 is 0 Å². The molecule has 0 aromatic heterocycles. The van der Waals surface area contributed by atoms with Gasteiger partial charge in [-0.05, 0) is 0 Å². The van der Waals surface area contributed by atoms with E-state index in [1.54, 1.807) is 0 Å². The summed E-state index contributed by atoms with van der Waals surface area (Å²) in [6, 6.07) is 0. The summed E-state index contributed by atoms with van der Waals surface area (Å²) in [5.41, 5.74) is 0. The van der Waals surface area contributed by atoms with Gasteiger partial charge in [0.15, 0.2) is 0 Å². The lowest BCUT2D eigenvalue weighted by atomic mass is 10.8. The molecule has 0 aromatic carbocycles. The molecular formula is C6H15ClO6. The summed E-state index contributed by atoms with van der Waals surface area (Å²) >= 11 is 0. The summed E-state index contributed by atoms with van der Waals surface area (Å²) in [7, 11) is 0. The molecule has 0 bridgehead atoms. The largest absolute Gasteiger partial charge is 0.481 e. The van der Waals surface area contributed by atoms with Crippen LogP contribution in [0.1, 0.15) is 13.8 Å². The smallest absolute Gasteiger partial charge is 0.300 e. The second-order valence-electron chi connectivity index (χ2n) is 1.49. The van der Waals surface area contributed by atoms with E-state index < -0.39 is 11.9 Å². The highest BCUT2D eigenvalue weighted by Crippen LogP contribution is 1.42. The second kappa shape index (κ2) is 22.5. The van der Waals surface area contributed by atoms with Crippen molar-refractivity contribution in [3.63, 3.8) is 0 Å². The number of aliphatic carboxylic acids is 2. The Kier molecular flexibility index (Phi) is 39.3. The Morgan fingerprint density at radius 3 is 1.00 bits per heavy atom. The maximum Gasteiger partial charge on any atom is 0.300 e. The third-order valence-electron chi connectivity index (χ3n) is 0.1000. The van der Waals surface area contributed by atoms with E-state index in [4.69, 9.17) is 30.0 Å². The first-order valence-electron chi connectivity index (χ1n) is 2.99. The molecule has 0 spiro atoms. The Labute approximate surface area is 82.2 Å². The van der Waals surface area contributed by atoms with Crippen LogP contribution in [0.4, 0.5) is 0 Å². The Bertz CT molecular complexity index is 93.7. The Morgan fingerprint density at radius 1 is 0.923 bits per heavy atom. The molecule has 0 rings (SSSR count). The highest BCUT2D eigenvalue weighted by molar-refractivity contribution is 5.85. The predicted octanol–water partition coefficient (Wildman–Crippen LogP) is -0.425. The van der Waals surface area contributed by atoms with Crippen LogP contribution in [0.3, 0.4) is 0 Å². The standard InChI is InChI=1S/2C2H4O2.C2H6O2.ClH/c2*1-2(3)4;3-1-2-4;/h2*1H3,(H,3,4);3-4H,1-2H2;1H. The average Bonchev–Trinajstić information content (AvgIpc) is 1.85. The lowest BCUT2D eigenvalue weighted by Gasteiger charge is -1.70. The molecule has 0 aromatic rings. The number of hydrogen-bond donors (Lipinski definition) is 4. The van der Waals surface area contributed by atoms with E-state index in [-0.39, 0.29) is 25.6 Å². The number of aliphatic hydroxyl groups is 2. The fourth-order valence-corrected chi connectivity index (χ4v) is 0. The lowest BCUT2D eigenvalue weighted by Crippen LogP contribution is -1.85. The van der Waals surface area contributed by atoms with E-state index in [0.29, 0.717) is 0 Å². The van der Waals surface area contributed by atoms with Crippen LogP contribution in [0.5, 0.6) is 0 Å². The molecule has 0 aliphatic rings. The molecule has 0 saturated heterocycles. The maximum absolute atomic E-state index is 9.00. The van der Waals surface area contributed by atoms with Crippen molar-refractivity contribution in [3.05, 3.63) is 0 Å². The molecule has 82 valence electrons. The SMILES string of the molecule is CC(=O)O.CC(=O)O.Cl.OCCO. The molecule has 0 saturated carbocycles. The minimum Gasteiger partial charge on any atom is -0.481 e. The molecule has 7 heteroatoms. The highest BCUT2D eigenvalue weighted by atomic mass is 35.5. The lowest BCUT2D eigenvalue weighted by molar-refractivity contribution is -0.135. The van der Waals surface area contributed by atoms with Crippen molar-refractivity contribution in [1.82, 2.24) is 0 Å². The number of halogens is 1. The highest BCUT2D eigenvalue weighted by Gasteiger charge is 1.65. The fraction of sp³-hybridized carbons (Fsp3) is 0.667. The topological polar surface area (TPSA) is 115 Å². The third-order valence-corrected chi connectivity index (χ3v) is 0.1000. The zero-order valence-corrected chi connectivity index (χ0v) is 8.24. The molecule has 0 aliphatic heterocycles. The number of aliphatic hydroxyl groups excluding tert-OH is 2. The van der Waals surface area contributed by atoms with Gasteiger partial charge in [-0.3, -0.25) is 9.59 Å². The summed E-state index contributed by atoms with van der Waals surface area (Å²) in [4.78, 5) is 18.0. The quantitative estimate of drug-likeness (QED) is 0.475. The number of rotatable bonds is 1. The molecule has 0 amide bonds. The Hall–Kier alpha value is -0.850. The predicted molar refractivity (Wildman–Crippen MR) is 48.0 cm³/mol. The first-order valence-corrected chi connectivity index (χ1v) is 2.99. The monoisotopic (exact) mass is 218 g/mol. The zero-order chi connectivity index (χ0) is 10.6. The molecule has 0 radical (unpaired) electrons. The Morgan fingerprint density at radius 2 is 1.00 bits per heavy atom. The van der Waals surface area contributed by atoms with Crippen LogP contribution in [0.15, 0.2) is 0 Å². The van der Waals surface area contributed by atoms with Crippen LogP contribution in [0.25, 0.3) is 0 Å². The van der Waals surface area contributed by atoms with Crippen molar-refractivity contribution in [2.75, 3.05) is 13.2 Å². The van der Waals surface area contributed by atoms with Crippen molar-refractivity contribution < 1.29 is 30.0 Å². The van der Waals surface area contributed by atoms with Gasteiger partial charge < -0.3 is 20.4 Å². The van der Waals surface area contributed by atoms with Gasteiger partial charge in [0.1, 0.15) is 0 Å². The van der Waals surface area contributed by atoms with E-state index >= 15 is 0 Å². The maximum atomic E-state index is 9.00. The molecule has 0 unspecified atom stereocenters. The van der Waals surface area contributed by atoms with Gasteiger partial charge in [-0.15, -0.1) is 12.4 Å². The average molecular weight is 219 g/mol. The first-order chi connectivity index (χ1) is 5.38. The molecule has 0 heterocycles. The van der Waals surface area contributed by atoms with Crippen LogP contribution in [-0.4, -0.2) is 45.6 Å². The van der Waals surface area contributed by atoms with E-state index in [2.05, 4.69) is 0 Å². The summed E-state index contributed by atoms with van der Waals surface area (Å²) < 4.78 is 0. The van der Waals surface area contributed by atoms with Crippen molar-refractivity contribution in [3.8, 4) is 0 Å². The van der Waals surface area contributed by atoms with Gasteiger partial charge in [0.2, 0.25) is 0 Å². The third kappa shape index (κ3) is 41500. The molecular weight excluding hydrogens is 204 g/mol. The number of carboxylic acids is 2. The summed E-state index contributed by atoms with van der Waals surface area (Å²) in [5, 5.41) is 30.1. The molecule has 13 heavy (non-hydrogen) atoms. The van der Waals surface area contributed by atoms with Crippen LogP contribution >= 0.6 is 12.4 Å². The molecule has 0 aliphatic carbocycles. The van der Waals surface area contributed by atoms with Gasteiger partial charge in [-0.1, -0.05) is 0 Å². The molecule has 4 N–H and O–H groups in total. The first kappa shape index (κ1) is 22.7. The van der Waals surface area contributed by atoms with Crippen molar-refractivity contribution >= 4 is 24.3 Å². The van der Waals surface area contributed by atoms with Gasteiger partial charge in [-0.25, -0.2) is 0 Å². The number of hydrogen-bond acceptors (Lipinski definition) is 4. The van der Waals surface area contributed by atoms with E-state index in [1.165, 1.54) is 0 Å². The second-order valence-corrected chi connectivity index (χ2v) is 1.49. The van der Waals surface area contributed by atoms with E-state index in [0.717, 1.165) is 13.8 Å². The van der Waals surface area contributed by atoms with E-state index in [9.17, 15) is 0 Å². The van der Waals surface area contributed by atoms with Crippen LogP contribution < -0.4 is 0 Å². The van der Waals surface area contributed by atoms with Crippen molar-refractivity contribution in [1.29, 1.82) is 0 Å². The van der Waals surface area contributed by atoms with Gasteiger partial charge in [-0.2, -0.15) is 0 Å². The van der Waals surface area contributed by atoms with Gasteiger partial charge in [0, 0.05) is 13.8 Å². The number of carboxylic acid groups (broad SMARTS) is 2. The minimum atomic E-state index is -0.833. The van der Waals surface area contributed by atoms with Crippen LogP contribution in [0.2, 0.25) is 0 Å².